The van der Waals surface area contributed by atoms with Crippen LogP contribution >= 0.6 is 15.9 Å². The number of fused-ring (bicyclic) bond motifs is 5. The van der Waals surface area contributed by atoms with E-state index in [9.17, 15) is 20.1 Å². The van der Waals surface area contributed by atoms with Gasteiger partial charge in [-0.25, -0.2) is 0 Å². The fourth-order valence-corrected chi connectivity index (χ4v) is 8.79. The monoisotopic (exact) mass is 458 g/mol. The minimum atomic E-state index is -0.412. The molecule has 0 aromatic rings. The van der Waals surface area contributed by atoms with E-state index in [1.54, 1.807) is 0 Å². The highest BCUT2D eigenvalue weighted by molar-refractivity contribution is 9.09. The number of alkyl halides is 1. The van der Waals surface area contributed by atoms with Gasteiger partial charge in [-0.3, -0.25) is 4.79 Å². The molecule has 4 saturated carbocycles. The maximum absolute atomic E-state index is 12.0. The molecular formula is C22H35BrO5. The smallest absolute Gasteiger partial charge is 0.305 e. The number of ether oxygens (including phenoxy) is 1. The molecule has 4 fully saturated rings. The van der Waals surface area contributed by atoms with E-state index >= 15 is 0 Å². The molecule has 0 aromatic carbocycles. The standard InChI is InChI=1S/C22H35BrO5/c1-3-18(27)28-20-16(23)10-15-19-14(5-6-21(15,20)2)22(11-24)7-4-13(25)8-12(22)9-17(19)26/h12-17,19-20,24-26H,3-11H2,1-2H3/t12?,13-,14?,15?,16+,17?,19?,20-,21-,22+/m0/s1. The summed E-state index contributed by atoms with van der Waals surface area (Å²) in [6, 6.07) is 0. The van der Waals surface area contributed by atoms with Crippen LogP contribution in [0.4, 0.5) is 0 Å². The number of carbonyl (C=O) groups excluding carboxylic acids is 1. The van der Waals surface area contributed by atoms with E-state index in [1.165, 1.54) is 0 Å². The van der Waals surface area contributed by atoms with E-state index < -0.39 is 6.10 Å². The van der Waals surface area contributed by atoms with E-state index in [1.807, 2.05) is 6.92 Å². The van der Waals surface area contributed by atoms with Crippen molar-refractivity contribution in [2.45, 2.75) is 88.4 Å². The molecule has 28 heavy (non-hydrogen) atoms. The second kappa shape index (κ2) is 7.51. The zero-order valence-corrected chi connectivity index (χ0v) is 18.6. The number of esters is 1. The first-order valence-corrected chi connectivity index (χ1v) is 12.0. The van der Waals surface area contributed by atoms with Crippen LogP contribution in [0.5, 0.6) is 0 Å². The van der Waals surface area contributed by atoms with Crippen LogP contribution in [0.2, 0.25) is 0 Å². The lowest BCUT2D eigenvalue weighted by Gasteiger charge is -2.62. The van der Waals surface area contributed by atoms with Crippen LogP contribution in [-0.2, 0) is 9.53 Å². The van der Waals surface area contributed by atoms with Crippen LogP contribution in [-0.4, -0.2) is 51.0 Å². The molecule has 0 radical (unpaired) electrons. The summed E-state index contributed by atoms with van der Waals surface area (Å²) < 4.78 is 5.88. The van der Waals surface area contributed by atoms with Crippen LogP contribution in [0.1, 0.15) is 65.2 Å². The Morgan fingerprint density at radius 3 is 2.57 bits per heavy atom. The average molecular weight is 459 g/mol. The molecule has 0 aliphatic heterocycles. The molecular weight excluding hydrogens is 424 g/mol. The lowest BCUT2D eigenvalue weighted by molar-refractivity contribution is -0.199. The topological polar surface area (TPSA) is 87.0 Å². The van der Waals surface area contributed by atoms with Crippen molar-refractivity contribution in [2.75, 3.05) is 6.61 Å². The summed E-state index contributed by atoms with van der Waals surface area (Å²) in [6.45, 7) is 4.20. The van der Waals surface area contributed by atoms with Gasteiger partial charge in [-0.2, -0.15) is 0 Å². The van der Waals surface area contributed by atoms with Crippen molar-refractivity contribution >= 4 is 21.9 Å². The Balaban J connectivity index is 1.65. The van der Waals surface area contributed by atoms with E-state index in [2.05, 4.69) is 22.9 Å². The van der Waals surface area contributed by atoms with Crippen molar-refractivity contribution in [3.8, 4) is 0 Å². The highest BCUT2D eigenvalue weighted by Gasteiger charge is 2.66. The van der Waals surface area contributed by atoms with E-state index in [0.29, 0.717) is 19.3 Å². The quantitative estimate of drug-likeness (QED) is 0.446. The number of halogens is 1. The van der Waals surface area contributed by atoms with Crippen LogP contribution in [0, 0.1) is 34.5 Å². The first-order chi connectivity index (χ1) is 13.3. The molecule has 3 N–H and O–H groups in total. The molecule has 4 aliphatic carbocycles. The van der Waals surface area contributed by atoms with Crippen molar-refractivity contribution in [1.82, 2.24) is 0 Å². The summed E-state index contributed by atoms with van der Waals surface area (Å²) in [7, 11) is 0. The van der Waals surface area contributed by atoms with Gasteiger partial charge >= 0.3 is 5.97 Å². The molecule has 5 unspecified atom stereocenters. The van der Waals surface area contributed by atoms with E-state index in [-0.39, 0.29) is 64.1 Å². The Kier molecular flexibility index (Phi) is 5.65. The van der Waals surface area contributed by atoms with Gasteiger partial charge in [0.25, 0.3) is 0 Å². The fourth-order valence-electron chi connectivity index (χ4n) is 7.68. The first kappa shape index (κ1) is 21.1. The highest BCUT2D eigenvalue weighted by Crippen LogP contribution is 2.67. The van der Waals surface area contributed by atoms with E-state index in [4.69, 9.17) is 4.74 Å². The predicted molar refractivity (Wildman–Crippen MR) is 109 cm³/mol. The molecule has 6 heteroatoms. The van der Waals surface area contributed by atoms with Crippen molar-refractivity contribution in [2.24, 2.45) is 34.5 Å². The van der Waals surface area contributed by atoms with Crippen molar-refractivity contribution in [3.63, 3.8) is 0 Å². The van der Waals surface area contributed by atoms with Crippen LogP contribution in [0.25, 0.3) is 0 Å². The van der Waals surface area contributed by atoms with Crippen LogP contribution < -0.4 is 0 Å². The number of aliphatic hydroxyl groups excluding tert-OH is 3. The molecule has 160 valence electrons. The van der Waals surface area contributed by atoms with Gasteiger partial charge in [0.15, 0.2) is 0 Å². The van der Waals surface area contributed by atoms with Crippen LogP contribution in [0.15, 0.2) is 0 Å². The maximum Gasteiger partial charge on any atom is 0.305 e. The summed E-state index contributed by atoms with van der Waals surface area (Å²) in [4.78, 5) is 12.2. The number of hydrogen-bond donors (Lipinski definition) is 3. The Morgan fingerprint density at radius 2 is 1.89 bits per heavy atom. The van der Waals surface area contributed by atoms with Gasteiger partial charge < -0.3 is 20.1 Å². The minimum absolute atomic E-state index is 0.111. The lowest BCUT2D eigenvalue weighted by atomic mass is 9.44. The molecule has 0 amide bonds. The largest absolute Gasteiger partial charge is 0.461 e. The fraction of sp³-hybridized carbons (Fsp3) is 0.955. The van der Waals surface area contributed by atoms with Crippen LogP contribution in [0.3, 0.4) is 0 Å². The summed E-state index contributed by atoms with van der Waals surface area (Å²) in [6.07, 6.45) is 5.24. The molecule has 0 aromatic heterocycles. The zero-order chi connectivity index (χ0) is 20.3. The summed E-state index contributed by atoms with van der Waals surface area (Å²) in [5.41, 5.74) is -0.316. The zero-order valence-electron chi connectivity index (χ0n) is 17.0. The average Bonchev–Trinajstić information content (AvgIpc) is 2.92. The van der Waals surface area contributed by atoms with Gasteiger partial charge in [-0.15, -0.1) is 0 Å². The van der Waals surface area contributed by atoms with Gasteiger partial charge in [0.1, 0.15) is 6.10 Å². The molecule has 0 heterocycles. The maximum atomic E-state index is 12.0. The van der Waals surface area contributed by atoms with Gasteiger partial charge in [0.2, 0.25) is 0 Å². The van der Waals surface area contributed by atoms with Gasteiger partial charge in [0, 0.05) is 18.4 Å². The normalized spacial score (nSPS) is 53.1. The molecule has 0 spiro atoms. The lowest BCUT2D eigenvalue weighted by Crippen LogP contribution is -2.61. The molecule has 4 aliphatic rings. The van der Waals surface area contributed by atoms with Crippen molar-refractivity contribution < 1.29 is 24.9 Å². The Morgan fingerprint density at radius 1 is 1.14 bits per heavy atom. The Labute approximate surface area is 176 Å². The van der Waals surface area contributed by atoms with Crippen molar-refractivity contribution in [3.05, 3.63) is 0 Å². The third-order valence-electron chi connectivity index (χ3n) is 9.09. The molecule has 10 atom stereocenters. The van der Waals surface area contributed by atoms with Gasteiger partial charge in [-0.1, -0.05) is 29.8 Å². The second-order valence-corrected chi connectivity index (χ2v) is 11.3. The third kappa shape index (κ3) is 3.00. The predicted octanol–water partition coefficient (Wildman–Crippen LogP) is 3.03. The Hall–Kier alpha value is -0.170. The molecule has 4 rings (SSSR count). The molecule has 0 saturated heterocycles. The molecule has 0 bridgehead atoms. The van der Waals surface area contributed by atoms with E-state index in [0.717, 1.165) is 32.1 Å². The van der Waals surface area contributed by atoms with Gasteiger partial charge in [-0.05, 0) is 74.0 Å². The Bertz CT molecular complexity index is 614. The number of carbonyl (C=O) groups is 1. The molecule has 5 nitrogen and oxygen atoms in total. The first-order valence-electron chi connectivity index (χ1n) is 11.1. The summed E-state index contributed by atoms with van der Waals surface area (Å²) >= 11 is 3.79. The summed E-state index contributed by atoms with van der Waals surface area (Å²) in [5.74, 6) is 0.712. The minimum Gasteiger partial charge on any atom is -0.461 e. The SMILES string of the molecule is CCC(=O)O[C@H]1[C@H](Br)CC2C3C(O)CC4C[C@@H](O)CC[C@]4(CO)C3CC[C@@]21C. The number of hydrogen-bond acceptors (Lipinski definition) is 5. The van der Waals surface area contributed by atoms with Gasteiger partial charge in [0.05, 0.1) is 17.0 Å². The number of rotatable bonds is 3. The number of aliphatic hydroxyl groups is 3. The highest BCUT2D eigenvalue weighted by atomic mass is 79.9. The summed E-state index contributed by atoms with van der Waals surface area (Å²) in [5, 5.41) is 31.9. The third-order valence-corrected chi connectivity index (χ3v) is 9.94. The second-order valence-electron chi connectivity index (χ2n) is 10.2. The van der Waals surface area contributed by atoms with Crippen molar-refractivity contribution in [1.29, 1.82) is 0 Å².